The molecule has 0 N–H and O–H groups in total. The Labute approximate surface area is 116 Å². The van der Waals surface area contributed by atoms with Gasteiger partial charge in [0.25, 0.3) is 7.42 Å². The summed E-state index contributed by atoms with van der Waals surface area (Å²) < 4.78 is -0.0238. The molecule has 0 aliphatic heterocycles. The van der Waals surface area contributed by atoms with E-state index in [0.29, 0.717) is 5.20 Å². The van der Waals surface area contributed by atoms with Gasteiger partial charge < -0.3 is 0 Å². The van der Waals surface area contributed by atoms with Crippen LogP contribution in [0.1, 0.15) is 0 Å². The maximum absolute atomic E-state index is 5.78. The van der Waals surface area contributed by atoms with Crippen LogP contribution >= 0.6 is 78.6 Å². The Morgan fingerprint density at radius 2 is 1.54 bits per heavy atom. The lowest BCUT2D eigenvalue weighted by Crippen LogP contribution is -2.29. The predicted octanol–water partition coefficient (Wildman–Crippen LogP) is 4.33. The van der Waals surface area contributed by atoms with Crippen molar-refractivity contribution in [3.8, 4) is 0 Å². The fourth-order valence-electron chi connectivity index (χ4n) is 0.506. The molecule has 0 heterocycles. The van der Waals surface area contributed by atoms with Gasteiger partial charge in [-0.1, -0.05) is 28.4 Å². The van der Waals surface area contributed by atoms with Crippen molar-refractivity contribution in [1.29, 1.82) is 0 Å². The van der Waals surface area contributed by atoms with Crippen LogP contribution in [0.3, 0.4) is 0 Å². The Morgan fingerprint density at radius 1 is 1.15 bits per heavy atom. The summed E-state index contributed by atoms with van der Waals surface area (Å²) >= 11 is 39.8. The van der Waals surface area contributed by atoms with E-state index in [-0.39, 0.29) is 4.49 Å². The van der Waals surface area contributed by atoms with E-state index in [1.807, 2.05) is 0 Å². The average Bonchev–Trinajstić information content (AvgIpc) is 1.82. The molecule has 0 saturated carbocycles. The van der Waals surface area contributed by atoms with Crippen LogP contribution < -0.4 is 0 Å². The minimum absolute atomic E-state index is 0.0238. The van der Waals surface area contributed by atoms with Crippen LogP contribution in [-0.2, 0) is 0 Å². The zero-order valence-electron chi connectivity index (χ0n) is 5.72. The second-order valence-electron chi connectivity index (χ2n) is 1.94. The number of allylic oxidation sites excluding steroid dienone is 1. The molecule has 0 aliphatic rings. The molecule has 13 heavy (non-hydrogen) atoms. The molecule has 0 aromatic rings. The summed E-state index contributed by atoms with van der Waals surface area (Å²) in [5.74, 6) is 0. The molecule has 0 aromatic carbocycles. The van der Waals surface area contributed by atoms with E-state index < -0.39 is 18.6 Å². The molecule has 0 aromatic heterocycles. The molecule has 1 unspecified atom stereocenters. The van der Waals surface area contributed by atoms with E-state index in [1.54, 1.807) is 0 Å². The number of hydrogen-bond acceptors (Lipinski definition) is 0. The first-order chi connectivity index (χ1) is 5.68. The van der Waals surface area contributed by atoms with Gasteiger partial charge in [-0.2, -0.15) is 0 Å². The third kappa shape index (κ3) is 5.33. The van der Waals surface area contributed by atoms with E-state index in [0.717, 1.165) is 0 Å². The molecule has 0 fully saturated rings. The van der Waals surface area contributed by atoms with Gasteiger partial charge in [0.2, 0.25) is 0 Å². The third-order valence-electron chi connectivity index (χ3n) is 1.04. The average molecular weight is 369 g/mol. The molecule has 0 bridgehead atoms. The normalized spacial score (nSPS) is 14.5. The highest BCUT2D eigenvalue weighted by atomic mass is 35.8. The quantitative estimate of drug-likeness (QED) is 0.513. The van der Waals surface area contributed by atoms with Crippen LogP contribution in [0, 0.1) is 0 Å². The molecule has 0 amide bonds. The summed E-state index contributed by atoms with van der Waals surface area (Å²) in [6.07, 6.45) is 0. The van der Waals surface area contributed by atoms with E-state index in [4.69, 9.17) is 78.6 Å². The summed E-state index contributed by atoms with van der Waals surface area (Å²) in [4.78, 5) is 0. The molecule has 0 spiro atoms. The summed E-state index contributed by atoms with van der Waals surface area (Å²) in [5.41, 5.74) is 0. The van der Waals surface area contributed by atoms with Gasteiger partial charge in [0.15, 0.2) is 0 Å². The molecular weight excluding hydrogens is 368 g/mol. The van der Waals surface area contributed by atoms with Crippen LogP contribution in [0.25, 0.3) is 0 Å². The van der Waals surface area contributed by atoms with Crippen molar-refractivity contribution in [3.05, 3.63) is 9.69 Å². The minimum atomic E-state index is -3.05. The lowest BCUT2D eigenvalue weighted by molar-refractivity contribution is 1.48. The van der Waals surface area contributed by atoms with Crippen molar-refractivity contribution >= 4 is 102 Å². The SMILES string of the molecule is [Si]C(=C(Cl)Cl)C([Si](Cl)Cl)[Si](Cl)(Cl)Cl. The van der Waals surface area contributed by atoms with E-state index in [2.05, 4.69) is 10.2 Å². The Hall–Kier alpha value is 2.42. The van der Waals surface area contributed by atoms with E-state index in [9.17, 15) is 0 Å². The first-order valence-electron chi connectivity index (χ1n) is 2.69. The van der Waals surface area contributed by atoms with Gasteiger partial charge in [-0.05, 0) is 0 Å². The molecule has 0 saturated heterocycles. The van der Waals surface area contributed by atoms with Crippen LogP contribution in [0.5, 0.6) is 0 Å². The van der Waals surface area contributed by atoms with Crippen LogP contribution in [0.15, 0.2) is 9.69 Å². The lowest BCUT2D eigenvalue weighted by atomic mass is 10.7. The fourth-order valence-corrected chi connectivity index (χ4v) is 15.9. The molecule has 74 valence electrons. The smallest absolute Gasteiger partial charge is 0.146 e. The zero-order chi connectivity index (χ0) is 10.8. The maximum Gasteiger partial charge on any atom is 0.347 e. The second kappa shape index (κ2) is 6.23. The number of hydrogen-bond donors (Lipinski definition) is 0. The summed E-state index contributed by atoms with van der Waals surface area (Å²) in [7, 11) is 1.31. The predicted molar refractivity (Wildman–Crippen MR) is 69.0 cm³/mol. The van der Waals surface area contributed by atoms with Gasteiger partial charge >= 0.3 is 6.00 Å². The molecule has 10 heteroatoms. The fraction of sp³-hybridized carbons (Fsp3) is 0.333. The lowest BCUT2D eigenvalue weighted by Gasteiger charge is -2.22. The van der Waals surface area contributed by atoms with Crippen LogP contribution in [-0.4, -0.2) is 23.7 Å². The van der Waals surface area contributed by atoms with Crippen molar-refractivity contribution in [2.24, 2.45) is 0 Å². The Kier molecular flexibility index (Phi) is 7.39. The standard InChI is InChI=1S/C3HCl7Si3/c4-2(5)1(11)3(12(6)7)13(8,9)10/h3H. The first-order valence-corrected chi connectivity index (χ1v) is 12.7. The molecule has 0 rings (SSSR count). The third-order valence-corrected chi connectivity index (χ3v) is 12.7. The van der Waals surface area contributed by atoms with Crippen molar-refractivity contribution in [2.45, 2.75) is 5.16 Å². The monoisotopic (exact) mass is 366 g/mol. The largest absolute Gasteiger partial charge is 0.347 e. The van der Waals surface area contributed by atoms with Crippen LogP contribution in [0.2, 0.25) is 5.16 Å². The van der Waals surface area contributed by atoms with Gasteiger partial charge in [0.1, 0.15) is 4.49 Å². The molecule has 1 atom stereocenters. The zero-order valence-corrected chi connectivity index (χ0v) is 14.0. The highest BCUT2D eigenvalue weighted by Gasteiger charge is 2.44. The number of rotatable bonds is 3. The van der Waals surface area contributed by atoms with Gasteiger partial charge in [-0.3, -0.25) is 0 Å². The Bertz CT molecular complexity index is 204. The highest BCUT2D eigenvalue weighted by Crippen LogP contribution is 2.43. The van der Waals surface area contributed by atoms with Crippen molar-refractivity contribution < 1.29 is 0 Å². The second-order valence-corrected chi connectivity index (χ2v) is 17.0. The Balaban J connectivity index is 4.96. The highest BCUT2D eigenvalue weighted by molar-refractivity contribution is 7.68. The van der Waals surface area contributed by atoms with Crippen molar-refractivity contribution in [2.75, 3.05) is 0 Å². The first kappa shape index (κ1) is 15.4. The maximum atomic E-state index is 5.78. The molecule has 0 aliphatic carbocycles. The van der Waals surface area contributed by atoms with Gasteiger partial charge in [-0.25, -0.2) is 0 Å². The van der Waals surface area contributed by atoms with E-state index in [1.165, 1.54) is 0 Å². The van der Waals surface area contributed by atoms with Crippen molar-refractivity contribution in [1.82, 2.24) is 0 Å². The van der Waals surface area contributed by atoms with E-state index >= 15 is 0 Å². The van der Waals surface area contributed by atoms with Crippen molar-refractivity contribution in [3.63, 3.8) is 0 Å². The van der Waals surface area contributed by atoms with Gasteiger partial charge in [-0.15, -0.1) is 55.4 Å². The molecule has 0 nitrogen and oxygen atoms in total. The Morgan fingerprint density at radius 3 is 1.62 bits per heavy atom. The summed E-state index contributed by atoms with van der Waals surface area (Å²) in [6, 6.07) is -3.05. The van der Waals surface area contributed by atoms with Crippen LogP contribution in [0.4, 0.5) is 0 Å². The molecule has 4 radical (unpaired) electrons. The number of halogens is 7. The van der Waals surface area contributed by atoms with Gasteiger partial charge in [0.05, 0.1) is 10.2 Å². The molecular formula is C3HCl7Si3. The minimum Gasteiger partial charge on any atom is -0.146 e. The van der Waals surface area contributed by atoms with Gasteiger partial charge in [0, 0.05) is 5.16 Å². The topological polar surface area (TPSA) is 0 Å². The summed E-state index contributed by atoms with van der Waals surface area (Å²) in [6.45, 7) is 0. The summed E-state index contributed by atoms with van der Waals surface area (Å²) in [5, 5.41) is -0.221.